The molecule has 0 spiro atoms. The fourth-order valence-electron chi connectivity index (χ4n) is 3.38. The summed E-state index contributed by atoms with van der Waals surface area (Å²) >= 11 is 0. The van der Waals surface area contributed by atoms with Gasteiger partial charge in [0.2, 0.25) is 0 Å². The fraction of sp³-hybridized carbons (Fsp3) is 0.667. The van der Waals surface area contributed by atoms with Crippen LogP contribution in [0.4, 0.5) is 4.39 Å². The minimum atomic E-state index is -0.0819. The van der Waals surface area contributed by atoms with Crippen molar-refractivity contribution in [3.05, 3.63) is 35.6 Å². The Kier molecular flexibility index (Phi) is 6.03. The monoisotopic (exact) mass is 277 g/mol. The van der Waals surface area contributed by atoms with Crippen LogP contribution in [0, 0.1) is 17.7 Å². The predicted molar refractivity (Wildman–Crippen MR) is 83.2 cm³/mol. The van der Waals surface area contributed by atoms with Crippen molar-refractivity contribution in [2.24, 2.45) is 11.8 Å². The van der Waals surface area contributed by atoms with E-state index >= 15 is 0 Å². The molecular weight excluding hydrogens is 249 g/mol. The largest absolute Gasteiger partial charge is 0.310 e. The first-order chi connectivity index (χ1) is 9.74. The summed E-state index contributed by atoms with van der Waals surface area (Å²) in [6.07, 6.45) is 7.68. The Morgan fingerprint density at radius 2 is 1.75 bits per heavy atom. The lowest BCUT2D eigenvalue weighted by Crippen LogP contribution is -2.30. The Morgan fingerprint density at radius 3 is 2.35 bits per heavy atom. The van der Waals surface area contributed by atoms with Gasteiger partial charge in [0.15, 0.2) is 0 Å². The first kappa shape index (κ1) is 15.5. The van der Waals surface area contributed by atoms with Crippen molar-refractivity contribution in [2.45, 2.75) is 58.4 Å². The van der Waals surface area contributed by atoms with Gasteiger partial charge in [-0.25, -0.2) is 4.39 Å². The third kappa shape index (κ3) is 4.05. The quantitative estimate of drug-likeness (QED) is 0.764. The molecule has 1 atom stereocenters. The van der Waals surface area contributed by atoms with Crippen LogP contribution in [0.25, 0.3) is 0 Å². The first-order valence-electron chi connectivity index (χ1n) is 8.22. The summed E-state index contributed by atoms with van der Waals surface area (Å²) in [6, 6.07) is 7.31. The number of hydrogen-bond acceptors (Lipinski definition) is 1. The first-order valence-corrected chi connectivity index (χ1v) is 8.22. The summed E-state index contributed by atoms with van der Waals surface area (Å²) in [7, 11) is 0. The highest BCUT2D eigenvalue weighted by atomic mass is 19.1. The normalized spacial score (nSPS) is 24.6. The zero-order valence-electron chi connectivity index (χ0n) is 12.9. The molecule has 1 N–H and O–H groups in total. The number of hydrogen-bond donors (Lipinski definition) is 1. The van der Waals surface area contributed by atoms with Crippen LogP contribution in [0.1, 0.15) is 64.0 Å². The lowest BCUT2D eigenvalue weighted by atomic mass is 9.81. The van der Waals surface area contributed by atoms with E-state index < -0.39 is 0 Å². The van der Waals surface area contributed by atoms with Gasteiger partial charge in [0.25, 0.3) is 0 Å². The lowest BCUT2D eigenvalue weighted by Gasteiger charge is -2.29. The van der Waals surface area contributed by atoms with Crippen LogP contribution in [-0.2, 0) is 0 Å². The van der Waals surface area contributed by atoms with Crippen molar-refractivity contribution in [1.29, 1.82) is 0 Å². The van der Waals surface area contributed by atoms with Crippen molar-refractivity contribution in [1.82, 2.24) is 5.32 Å². The van der Waals surface area contributed by atoms with Crippen LogP contribution in [0.5, 0.6) is 0 Å². The Labute approximate surface area is 123 Å². The van der Waals surface area contributed by atoms with E-state index in [9.17, 15) is 4.39 Å². The van der Waals surface area contributed by atoms with Crippen LogP contribution < -0.4 is 5.32 Å². The molecule has 1 nitrogen and oxygen atoms in total. The molecule has 1 fully saturated rings. The fourth-order valence-corrected chi connectivity index (χ4v) is 3.38. The van der Waals surface area contributed by atoms with Crippen LogP contribution in [-0.4, -0.2) is 6.54 Å². The molecule has 0 amide bonds. The maximum atomic E-state index is 13.8. The smallest absolute Gasteiger partial charge is 0.127 e. The molecule has 1 aliphatic rings. The van der Waals surface area contributed by atoms with Gasteiger partial charge in [-0.15, -0.1) is 0 Å². The summed E-state index contributed by atoms with van der Waals surface area (Å²) in [5.41, 5.74) is 0.817. The van der Waals surface area contributed by atoms with E-state index in [1.54, 1.807) is 12.1 Å². The second-order valence-electron chi connectivity index (χ2n) is 6.19. The second-order valence-corrected chi connectivity index (χ2v) is 6.19. The highest BCUT2D eigenvalue weighted by Gasteiger charge is 2.21. The highest BCUT2D eigenvalue weighted by molar-refractivity contribution is 5.21. The number of halogens is 1. The maximum Gasteiger partial charge on any atom is 0.127 e. The molecule has 0 aliphatic heterocycles. The van der Waals surface area contributed by atoms with E-state index in [0.717, 1.165) is 30.4 Å². The molecule has 0 heterocycles. The van der Waals surface area contributed by atoms with Gasteiger partial charge in [-0.3, -0.25) is 0 Å². The molecule has 0 aromatic heterocycles. The van der Waals surface area contributed by atoms with E-state index in [-0.39, 0.29) is 11.9 Å². The van der Waals surface area contributed by atoms with Gasteiger partial charge in [0.1, 0.15) is 5.82 Å². The van der Waals surface area contributed by atoms with Gasteiger partial charge in [-0.2, -0.15) is 0 Å². The SMILES string of the molecule is CCC1CCC(CNC(CC)c2ccccc2F)CC1. The summed E-state index contributed by atoms with van der Waals surface area (Å²) in [5, 5.41) is 3.59. The third-order valence-electron chi connectivity index (χ3n) is 4.89. The summed E-state index contributed by atoms with van der Waals surface area (Å²) < 4.78 is 13.8. The number of nitrogens with one attached hydrogen (secondary N) is 1. The zero-order valence-corrected chi connectivity index (χ0v) is 12.9. The van der Waals surface area contributed by atoms with Crippen molar-refractivity contribution >= 4 is 0 Å². The van der Waals surface area contributed by atoms with E-state index in [0.29, 0.717) is 0 Å². The Morgan fingerprint density at radius 1 is 1.10 bits per heavy atom. The van der Waals surface area contributed by atoms with Gasteiger partial charge in [-0.1, -0.05) is 51.3 Å². The minimum Gasteiger partial charge on any atom is -0.310 e. The summed E-state index contributed by atoms with van der Waals surface area (Å²) in [4.78, 5) is 0. The molecule has 1 aliphatic carbocycles. The van der Waals surface area contributed by atoms with Crippen molar-refractivity contribution in [2.75, 3.05) is 6.54 Å². The van der Waals surface area contributed by atoms with Crippen LogP contribution in [0.3, 0.4) is 0 Å². The molecule has 20 heavy (non-hydrogen) atoms. The van der Waals surface area contributed by atoms with Gasteiger partial charge >= 0.3 is 0 Å². The molecule has 1 aromatic rings. The molecule has 2 rings (SSSR count). The van der Waals surface area contributed by atoms with Gasteiger partial charge in [-0.05, 0) is 43.7 Å². The third-order valence-corrected chi connectivity index (χ3v) is 4.89. The van der Waals surface area contributed by atoms with Gasteiger partial charge in [0, 0.05) is 11.6 Å². The van der Waals surface area contributed by atoms with Crippen LogP contribution >= 0.6 is 0 Å². The minimum absolute atomic E-state index is 0.0819. The van der Waals surface area contributed by atoms with Crippen molar-refractivity contribution < 1.29 is 4.39 Å². The van der Waals surface area contributed by atoms with Gasteiger partial charge < -0.3 is 5.32 Å². The Bertz CT molecular complexity index is 396. The average molecular weight is 277 g/mol. The van der Waals surface area contributed by atoms with Crippen molar-refractivity contribution in [3.8, 4) is 0 Å². The van der Waals surface area contributed by atoms with E-state index in [4.69, 9.17) is 0 Å². The highest BCUT2D eigenvalue weighted by Crippen LogP contribution is 2.30. The average Bonchev–Trinajstić information content (AvgIpc) is 2.50. The number of benzene rings is 1. The summed E-state index contributed by atoms with van der Waals surface area (Å²) in [5.74, 6) is 1.64. The maximum absolute atomic E-state index is 13.8. The van der Waals surface area contributed by atoms with Crippen molar-refractivity contribution in [3.63, 3.8) is 0 Å². The molecule has 0 saturated heterocycles. The molecule has 2 heteroatoms. The molecule has 1 saturated carbocycles. The molecule has 112 valence electrons. The molecule has 0 bridgehead atoms. The van der Waals surface area contributed by atoms with E-state index in [2.05, 4.69) is 19.2 Å². The van der Waals surface area contributed by atoms with E-state index in [1.165, 1.54) is 32.1 Å². The Balaban J connectivity index is 1.84. The lowest BCUT2D eigenvalue weighted by molar-refractivity contribution is 0.255. The molecule has 0 radical (unpaired) electrons. The standard InChI is InChI=1S/C18H28FN/c1-3-14-9-11-15(12-10-14)13-20-18(4-2)16-7-5-6-8-17(16)19/h5-8,14-15,18,20H,3-4,9-13H2,1-2H3. The zero-order chi connectivity index (χ0) is 14.4. The predicted octanol–water partition coefficient (Wildman–Crippen LogP) is 5.08. The molecule has 1 aromatic carbocycles. The second kappa shape index (κ2) is 7.78. The van der Waals surface area contributed by atoms with Crippen LogP contribution in [0.15, 0.2) is 24.3 Å². The Hall–Kier alpha value is -0.890. The van der Waals surface area contributed by atoms with E-state index in [1.807, 2.05) is 12.1 Å². The van der Waals surface area contributed by atoms with Gasteiger partial charge in [0.05, 0.1) is 0 Å². The number of rotatable bonds is 6. The van der Waals surface area contributed by atoms with Crippen LogP contribution in [0.2, 0.25) is 0 Å². The molecular formula is C18H28FN. The molecule has 1 unspecified atom stereocenters. The summed E-state index contributed by atoms with van der Waals surface area (Å²) in [6.45, 7) is 5.45. The topological polar surface area (TPSA) is 12.0 Å².